The lowest BCUT2D eigenvalue weighted by molar-refractivity contribution is 0.278. The highest BCUT2D eigenvalue weighted by molar-refractivity contribution is 5.33. The van der Waals surface area contributed by atoms with Gasteiger partial charge in [-0.15, -0.1) is 0 Å². The minimum atomic E-state index is -0.497. The van der Waals surface area contributed by atoms with Crippen LogP contribution in [0, 0.1) is 6.92 Å². The van der Waals surface area contributed by atoms with Crippen LogP contribution >= 0.6 is 0 Å². The molecule has 0 radical (unpaired) electrons. The summed E-state index contributed by atoms with van der Waals surface area (Å²) < 4.78 is 12.3. The van der Waals surface area contributed by atoms with Crippen LogP contribution in [0.25, 0.3) is 0 Å². The third kappa shape index (κ3) is 1.57. The second-order valence-corrected chi connectivity index (χ2v) is 2.50. The van der Waals surface area contributed by atoms with E-state index in [9.17, 15) is 4.39 Å². The number of hydrogen-bond donors (Lipinski definition) is 1. The van der Waals surface area contributed by atoms with E-state index in [1.165, 1.54) is 0 Å². The van der Waals surface area contributed by atoms with Crippen molar-refractivity contribution in [1.82, 2.24) is 0 Å². The summed E-state index contributed by atoms with van der Waals surface area (Å²) >= 11 is 0. The zero-order valence-corrected chi connectivity index (χ0v) is 6.47. The van der Waals surface area contributed by atoms with Crippen LogP contribution in [0.2, 0.25) is 0 Å². The van der Waals surface area contributed by atoms with E-state index in [4.69, 9.17) is 5.11 Å². The van der Waals surface area contributed by atoms with E-state index >= 15 is 0 Å². The van der Waals surface area contributed by atoms with Crippen molar-refractivity contribution in [3.8, 4) is 0 Å². The Morgan fingerprint density at radius 3 is 2.64 bits per heavy atom. The van der Waals surface area contributed by atoms with Gasteiger partial charge in [-0.2, -0.15) is 0 Å². The molecule has 0 saturated carbocycles. The summed E-state index contributed by atoms with van der Waals surface area (Å²) in [5.41, 5.74) is 2.21. The number of hydrogen-bond acceptors (Lipinski definition) is 1. The van der Waals surface area contributed by atoms with Crippen molar-refractivity contribution in [3.05, 3.63) is 34.9 Å². The van der Waals surface area contributed by atoms with Crippen LogP contribution in [-0.2, 0) is 13.3 Å². The molecule has 0 unspecified atom stereocenters. The molecule has 1 aromatic carbocycles. The second kappa shape index (κ2) is 3.49. The fourth-order valence-corrected chi connectivity index (χ4v) is 1.10. The topological polar surface area (TPSA) is 20.2 Å². The molecule has 0 aromatic heterocycles. The lowest BCUT2D eigenvalue weighted by atomic mass is 10.0. The molecule has 1 rings (SSSR count). The molecule has 0 fully saturated rings. The maximum absolute atomic E-state index is 12.3. The number of alkyl halides is 1. The third-order valence-electron chi connectivity index (χ3n) is 1.81. The average molecular weight is 154 g/mol. The van der Waals surface area contributed by atoms with Crippen LogP contribution < -0.4 is 0 Å². The molecule has 0 saturated heterocycles. The van der Waals surface area contributed by atoms with Gasteiger partial charge < -0.3 is 5.11 Å². The van der Waals surface area contributed by atoms with Crippen molar-refractivity contribution in [3.63, 3.8) is 0 Å². The zero-order valence-electron chi connectivity index (χ0n) is 6.47. The van der Waals surface area contributed by atoms with Gasteiger partial charge in [0.25, 0.3) is 0 Å². The number of aliphatic hydroxyl groups is 1. The summed E-state index contributed by atoms with van der Waals surface area (Å²) in [4.78, 5) is 0. The van der Waals surface area contributed by atoms with Crippen LogP contribution in [0.1, 0.15) is 16.7 Å². The number of aryl methyl sites for hydroxylation is 1. The molecule has 2 heteroatoms. The highest BCUT2D eigenvalue weighted by atomic mass is 19.1. The first-order chi connectivity index (χ1) is 5.29. The smallest absolute Gasteiger partial charge is 0.115 e. The summed E-state index contributed by atoms with van der Waals surface area (Å²) in [6.45, 7) is 1.26. The van der Waals surface area contributed by atoms with Crippen LogP contribution in [0.15, 0.2) is 18.2 Å². The molecule has 0 aliphatic rings. The molecule has 0 atom stereocenters. The molecule has 1 nitrogen and oxygen atoms in total. The van der Waals surface area contributed by atoms with Crippen LogP contribution in [-0.4, -0.2) is 5.11 Å². The van der Waals surface area contributed by atoms with Gasteiger partial charge in [-0.05, 0) is 23.6 Å². The van der Waals surface area contributed by atoms with Crippen molar-refractivity contribution in [2.75, 3.05) is 0 Å². The van der Waals surface area contributed by atoms with Gasteiger partial charge >= 0.3 is 0 Å². The lowest BCUT2D eigenvalue weighted by Gasteiger charge is -2.05. The van der Waals surface area contributed by atoms with Gasteiger partial charge in [0, 0.05) is 0 Å². The van der Waals surface area contributed by atoms with Crippen LogP contribution in [0.5, 0.6) is 0 Å². The molecule has 0 amide bonds. The van der Waals surface area contributed by atoms with E-state index in [0.717, 1.165) is 5.56 Å². The minimum Gasteiger partial charge on any atom is -0.392 e. The van der Waals surface area contributed by atoms with Crippen molar-refractivity contribution < 1.29 is 9.50 Å². The van der Waals surface area contributed by atoms with E-state index in [-0.39, 0.29) is 6.61 Å². The van der Waals surface area contributed by atoms with Gasteiger partial charge in [0.2, 0.25) is 0 Å². The van der Waals surface area contributed by atoms with Crippen LogP contribution in [0.4, 0.5) is 4.39 Å². The summed E-state index contributed by atoms with van der Waals surface area (Å²) in [6.07, 6.45) is 0. The normalized spacial score (nSPS) is 10.1. The van der Waals surface area contributed by atoms with Crippen molar-refractivity contribution in [1.29, 1.82) is 0 Å². The van der Waals surface area contributed by atoms with Gasteiger partial charge in [0.15, 0.2) is 0 Å². The Morgan fingerprint density at radius 1 is 1.45 bits per heavy atom. The van der Waals surface area contributed by atoms with E-state index in [0.29, 0.717) is 11.1 Å². The Morgan fingerprint density at radius 2 is 2.18 bits per heavy atom. The molecule has 0 aliphatic heterocycles. The Kier molecular flexibility index (Phi) is 2.60. The standard InChI is InChI=1S/C9H11FO/c1-7-3-2-4-8(6-11)9(7)5-10/h2-4,11H,5-6H2,1H3. The number of rotatable bonds is 2. The quantitative estimate of drug-likeness (QED) is 0.690. The Bertz CT molecular complexity index is 245. The molecule has 0 bridgehead atoms. The Hall–Kier alpha value is -0.890. The van der Waals surface area contributed by atoms with Crippen molar-refractivity contribution >= 4 is 0 Å². The van der Waals surface area contributed by atoms with Gasteiger partial charge in [0.05, 0.1) is 6.61 Å². The fraction of sp³-hybridized carbons (Fsp3) is 0.333. The average Bonchev–Trinajstić information content (AvgIpc) is 2.04. The largest absolute Gasteiger partial charge is 0.392 e. The van der Waals surface area contributed by atoms with Crippen molar-refractivity contribution in [2.45, 2.75) is 20.2 Å². The first-order valence-corrected chi connectivity index (χ1v) is 3.53. The highest BCUT2D eigenvalue weighted by Crippen LogP contribution is 2.14. The predicted octanol–water partition coefficient (Wildman–Crippen LogP) is 1.96. The molecule has 1 aromatic rings. The number of halogens is 1. The summed E-state index contributed by atoms with van der Waals surface area (Å²) in [5.74, 6) is 0. The highest BCUT2D eigenvalue weighted by Gasteiger charge is 2.02. The maximum Gasteiger partial charge on any atom is 0.115 e. The van der Waals surface area contributed by atoms with Crippen molar-refractivity contribution in [2.24, 2.45) is 0 Å². The van der Waals surface area contributed by atoms with E-state index in [1.807, 2.05) is 19.1 Å². The molecule has 0 heterocycles. The molecular weight excluding hydrogens is 143 g/mol. The first kappa shape index (κ1) is 8.21. The molecule has 0 aliphatic carbocycles. The Balaban J connectivity index is 3.13. The molecule has 60 valence electrons. The molecule has 11 heavy (non-hydrogen) atoms. The number of benzene rings is 1. The summed E-state index contributed by atoms with van der Waals surface area (Å²) in [5, 5.41) is 8.81. The lowest BCUT2D eigenvalue weighted by Crippen LogP contribution is -1.94. The van der Waals surface area contributed by atoms with E-state index in [1.54, 1.807) is 6.07 Å². The van der Waals surface area contributed by atoms with Crippen LogP contribution in [0.3, 0.4) is 0 Å². The first-order valence-electron chi connectivity index (χ1n) is 3.53. The second-order valence-electron chi connectivity index (χ2n) is 2.50. The fourth-order valence-electron chi connectivity index (χ4n) is 1.10. The predicted molar refractivity (Wildman–Crippen MR) is 41.9 cm³/mol. The summed E-state index contributed by atoms with van der Waals surface area (Å²) in [7, 11) is 0. The van der Waals surface area contributed by atoms with Gasteiger partial charge in [-0.3, -0.25) is 0 Å². The molecule has 1 N–H and O–H groups in total. The van der Waals surface area contributed by atoms with E-state index < -0.39 is 6.67 Å². The molecule has 0 spiro atoms. The van der Waals surface area contributed by atoms with Gasteiger partial charge in [-0.25, -0.2) is 4.39 Å². The monoisotopic (exact) mass is 154 g/mol. The SMILES string of the molecule is Cc1cccc(CO)c1CF. The summed E-state index contributed by atoms with van der Waals surface area (Å²) in [6, 6.07) is 5.40. The molecular formula is C9H11FO. The third-order valence-corrected chi connectivity index (χ3v) is 1.81. The Labute approximate surface area is 65.5 Å². The minimum absolute atomic E-state index is 0.0824. The van der Waals surface area contributed by atoms with Gasteiger partial charge in [0.1, 0.15) is 6.67 Å². The van der Waals surface area contributed by atoms with Gasteiger partial charge in [-0.1, -0.05) is 18.2 Å². The zero-order chi connectivity index (χ0) is 8.27. The number of aliphatic hydroxyl groups excluding tert-OH is 1. The maximum atomic E-state index is 12.3. The van der Waals surface area contributed by atoms with E-state index in [2.05, 4.69) is 0 Å².